The summed E-state index contributed by atoms with van der Waals surface area (Å²) in [6.45, 7) is 7.46. The van der Waals surface area contributed by atoms with Crippen molar-refractivity contribution in [3.8, 4) is 11.5 Å². The number of methoxy groups -OCH3 is 2. The number of rotatable bonds is 5. The molecule has 0 spiro atoms. The van der Waals surface area contributed by atoms with Crippen molar-refractivity contribution < 1.29 is 9.47 Å². The number of nitrogens with zero attached hydrogens (tertiary/aromatic N) is 1. The average Bonchev–Trinajstić information content (AvgIpc) is 2.49. The highest BCUT2D eigenvalue weighted by atomic mass is 16.5. The third kappa shape index (κ3) is 3.69. The molecule has 0 radical (unpaired) electrons. The fourth-order valence-electron chi connectivity index (χ4n) is 3.01. The summed E-state index contributed by atoms with van der Waals surface area (Å²) in [6, 6.07) is 6.21. The first kappa shape index (κ1) is 16.1. The van der Waals surface area contributed by atoms with E-state index in [0.717, 1.165) is 30.2 Å². The topological polar surface area (TPSA) is 47.7 Å². The molecule has 0 aromatic heterocycles. The third-order valence-corrected chi connectivity index (χ3v) is 4.62. The molecule has 4 heteroatoms. The van der Waals surface area contributed by atoms with E-state index < -0.39 is 0 Å². The fraction of sp³-hybridized carbons (Fsp3) is 0.647. The number of likely N-dealkylation sites (tertiary alicyclic amines) is 1. The van der Waals surface area contributed by atoms with E-state index in [4.69, 9.17) is 15.2 Å². The van der Waals surface area contributed by atoms with Gasteiger partial charge in [0.15, 0.2) is 0 Å². The summed E-state index contributed by atoms with van der Waals surface area (Å²) in [5.74, 6) is 1.67. The van der Waals surface area contributed by atoms with Crippen LogP contribution in [-0.2, 0) is 0 Å². The van der Waals surface area contributed by atoms with Crippen LogP contribution in [0.1, 0.15) is 38.3 Å². The van der Waals surface area contributed by atoms with Crippen LogP contribution in [-0.4, -0.2) is 38.8 Å². The Kier molecular flexibility index (Phi) is 5.12. The summed E-state index contributed by atoms with van der Waals surface area (Å²) < 4.78 is 10.8. The van der Waals surface area contributed by atoms with Crippen LogP contribution in [0.25, 0.3) is 0 Å². The van der Waals surface area contributed by atoms with E-state index in [-0.39, 0.29) is 6.04 Å². The Morgan fingerprint density at radius 1 is 1.19 bits per heavy atom. The van der Waals surface area contributed by atoms with E-state index in [2.05, 4.69) is 24.8 Å². The minimum absolute atomic E-state index is 0.210. The third-order valence-electron chi connectivity index (χ3n) is 4.62. The molecule has 4 nitrogen and oxygen atoms in total. The van der Waals surface area contributed by atoms with Crippen molar-refractivity contribution in [1.82, 2.24) is 4.90 Å². The number of benzene rings is 1. The first-order chi connectivity index (χ1) is 10.0. The molecule has 1 aromatic carbocycles. The summed E-state index contributed by atoms with van der Waals surface area (Å²) in [6.07, 6.45) is 2.42. The van der Waals surface area contributed by atoms with E-state index >= 15 is 0 Å². The molecule has 1 saturated heterocycles. The molecule has 2 rings (SSSR count). The van der Waals surface area contributed by atoms with E-state index in [1.54, 1.807) is 14.2 Å². The summed E-state index contributed by atoms with van der Waals surface area (Å²) >= 11 is 0. The predicted octanol–water partition coefficient (Wildman–Crippen LogP) is 2.83. The van der Waals surface area contributed by atoms with Crippen molar-refractivity contribution in [3.63, 3.8) is 0 Å². The molecule has 1 heterocycles. The summed E-state index contributed by atoms with van der Waals surface area (Å²) in [4.78, 5) is 2.48. The lowest BCUT2D eigenvalue weighted by Crippen LogP contribution is -2.42. The lowest BCUT2D eigenvalue weighted by atomic mass is 9.82. The second kappa shape index (κ2) is 6.67. The molecule has 0 saturated carbocycles. The Bertz CT molecular complexity index is 464. The van der Waals surface area contributed by atoms with Crippen molar-refractivity contribution in [2.75, 3.05) is 33.9 Å². The maximum atomic E-state index is 6.07. The van der Waals surface area contributed by atoms with Crippen LogP contribution in [0.2, 0.25) is 0 Å². The van der Waals surface area contributed by atoms with Gasteiger partial charge in [-0.05, 0) is 37.4 Å². The van der Waals surface area contributed by atoms with Gasteiger partial charge < -0.3 is 15.2 Å². The Morgan fingerprint density at radius 3 is 2.38 bits per heavy atom. The Labute approximate surface area is 128 Å². The van der Waals surface area contributed by atoms with Crippen molar-refractivity contribution in [2.24, 2.45) is 11.1 Å². The molecular weight excluding hydrogens is 264 g/mol. The first-order valence-electron chi connectivity index (χ1n) is 7.67. The largest absolute Gasteiger partial charge is 0.497 e. The van der Waals surface area contributed by atoms with Gasteiger partial charge in [0.2, 0.25) is 0 Å². The van der Waals surface area contributed by atoms with Crippen LogP contribution in [0.15, 0.2) is 18.2 Å². The van der Waals surface area contributed by atoms with Gasteiger partial charge in [0.25, 0.3) is 0 Å². The molecule has 118 valence electrons. The van der Waals surface area contributed by atoms with Crippen LogP contribution < -0.4 is 15.2 Å². The van der Waals surface area contributed by atoms with Crippen LogP contribution >= 0.6 is 0 Å². The van der Waals surface area contributed by atoms with E-state index in [9.17, 15) is 0 Å². The van der Waals surface area contributed by atoms with Gasteiger partial charge in [-0.25, -0.2) is 0 Å². The van der Waals surface area contributed by atoms with Crippen LogP contribution in [0.3, 0.4) is 0 Å². The van der Waals surface area contributed by atoms with Crippen molar-refractivity contribution in [2.45, 2.75) is 32.7 Å². The van der Waals surface area contributed by atoms with E-state index in [1.165, 1.54) is 12.8 Å². The molecule has 1 aliphatic heterocycles. The minimum atomic E-state index is 0.210. The van der Waals surface area contributed by atoms with Gasteiger partial charge in [0, 0.05) is 18.2 Å². The van der Waals surface area contributed by atoms with Gasteiger partial charge in [-0.1, -0.05) is 19.9 Å². The molecule has 1 aliphatic rings. The Hall–Kier alpha value is -1.26. The number of ether oxygens (including phenoxy) is 2. The molecule has 1 aromatic rings. The smallest absolute Gasteiger partial charge is 0.127 e. The van der Waals surface area contributed by atoms with Gasteiger partial charge in [-0.15, -0.1) is 0 Å². The predicted molar refractivity (Wildman–Crippen MR) is 85.9 cm³/mol. The number of piperidine rings is 1. The van der Waals surface area contributed by atoms with Crippen molar-refractivity contribution >= 4 is 0 Å². The zero-order valence-corrected chi connectivity index (χ0v) is 13.7. The van der Waals surface area contributed by atoms with Crippen molar-refractivity contribution in [3.05, 3.63) is 23.8 Å². The maximum absolute atomic E-state index is 6.07. The zero-order chi connectivity index (χ0) is 15.5. The van der Waals surface area contributed by atoms with Crippen molar-refractivity contribution in [1.29, 1.82) is 0 Å². The number of hydrogen-bond donors (Lipinski definition) is 1. The molecule has 0 amide bonds. The number of hydrogen-bond acceptors (Lipinski definition) is 4. The van der Waals surface area contributed by atoms with Gasteiger partial charge in [-0.3, -0.25) is 4.90 Å². The van der Waals surface area contributed by atoms with Crippen LogP contribution in [0, 0.1) is 5.41 Å². The lowest BCUT2D eigenvalue weighted by molar-refractivity contribution is 0.0952. The highest BCUT2D eigenvalue weighted by Crippen LogP contribution is 2.37. The first-order valence-corrected chi connectivity index (χ1v) is 7.67. The SMILES string of the molecule is COc1ccc(C(CN)N2CCC(C)(C)CC2)c(OC)c1. The average molecular weight is 292 g/mol. The van der Waals surface area contributed by atoms with Gasteiger partial charge in [0.05, 0.1) is 20.3 Å². The maximum Gasteiger partial charge on any atom is 0.127 e. The molecule has 2 N–H and O–H groups in total. The molecule has 1 fully saturated rings. The van der Waals surface area contributed by atoms with E-state index in [0.29, 0.717) is 12.0 Å². The molecule has 1 atom stereocenters. The molecule has 0 bridgehead atoms. The van der Waals surface area contributed by atoms with Crippen LogP contribution in [0.5, 0.6) is 11.5 Å². The number of nitrogens with two attached hydrogens (primary N) is 1. The molecule has 21 heavy (non-hydrogen) atoms. The summed E-state index contributed by atoms with van der Waals surface area (Å²) in [5.41, 5.74) is 7.67. The normalized spacial score (nSPS) is 20.0. The summed E-state index contributed by atoms with van der Waals surface area (Å²) in [7, 11) is 3.37. The van der Waals surface area contributed by atoms with E-state index in [1.807, 2.05) is 12.1 Å². The van der Waals surface area contributed by atoms with Gasteiger partial charge >= 0.3 is 0 Å². The Balaban J connectivity index is 2.21. The Morgan fingerprint density at radius 2 is 1.86 bits per heavy atom. The van der Waals surface area contributed by atoms with Gasteiger partial charge in [0.1, 0.15) is 11.5 Å². The molecule has 0 aliphatic carbocycles. The quantitative estimate of drug-likeness (QED) is 0.906. The lowest BCUT2D eigenvalue weighted by Gasteiger charge is -2.41. The monoisotopic (exact) mass is 292 g/mol. The van der Waals surface area contributed by atoms with Gasteiger partial charge in [-0.2, -0.15) is 0 Å². The second-order valence-electron chi connectivity index (χ2n) is 6.56. The fourth-order valence-corrected chi connectivity index (χ4v) is 3.01. The molecular formula is C17H28N2O2. The highest BCUT2D eigenvalue weighted by molar-refractivity contribution is 5.42. The minimum Gasteiger partial charge on any atom is -0.497 e. The highest BCUT2D eigenvalue weighted by Gasteiger charge is 2.30. The van der Waals surface area contributed by atoms with Crippen LogP contribution in [0.4, 0.5) is 0 Å². The zero-order valence-electron chi connectivity index (χ0n) is 13.7. The molecule has 1 unspecified atom stereocenters. The summed E-state index contributed by atoms with van der Waals surface area (Å²) in [5, 5.41) is 0. The second-order valence-corrected chi connectivity index (χ2v) is 6.56. The standard InChI is InChI=1S/C17H28N2O2/c1-17(2)7-9-19(10-8-17)15(12-18)14-6-5-13(20-3)11-16(14)21-4/h5-6,11,15H,7-10,12,18H2,1-4H3.